The summed E-state index contributed by atoms with van der Waals surface area (Å²) in [5, 5.41) is 11.5. The molecule has 1 amide bonds. The molecule has 0 unspecified atom stereocenters. The van der Waals surface area contributed by atoms with E-state index in [-0.39, 0.29) is 40.2 Å². The molecule has 1 aromatic heterocycles. The van der Waals surface area contributed by atoms with Gasteiger partial charge in [-0.3, -0.25) is 14.5 Å². The molecule has 9 nitrogen and oxygen atoms in total. The van der Waals surface area contributed by atoms with Crippen molar-refractivity contribution in [3.63, 3.8) is 0 Å². The molecule has 0 aliphatic rings. The number of hydrogen-bond donors (Lipinski definition) is 4. The number of nitrogens with one attached hydrogen (secondary N) is 2. The first-order valence-corrected chi connectivity index (χ1v) is 12.1. The zero-order chi connectivity index (χ0) is 28.1. The van der Waals surface area contributed by atoms with Crippen LogP contribution in [0.1, 0.15) is 53.0 Å². The van der Waals surface area contributed by atoms with Gasteiger partial charge in [-0.25, -0.2) is 14.6 Å². The molecule has 6 N–H and O–H groups in total. The molecule has 0 bridgehead atoms. The van der Waals surface area contributed by atoms with Crippen molar-refractivity contribution in [2.24, 2.45) is 18.6 Å². The molecule has 0 fully saturated rings. The number of anilines is 2. The van der Waals surface area contributed by atoms with Crippen molar-refractivity contribution in [2.45, 2.75) is 39.8 Å². The van der Waals surface area contributed by atoms with Gasteiger partial charge in [0.05, 0.1) is 35.4 Å². The molecule has 0 aliphatic heterocycles. The van der Waals surface area contributed by atoms with Gasteiger partial charge >= 0.3 is 0 Å². The number of aromatic nitrogens is 2. The fourth-order valence-electron chi connectivity index (χ4n) is 3.74. The van der Waals surface area contributed by atoms with Crippen molar-refractivity contribution in [1.82, 2.24) is 15.1 Å². The Labute approximate surface area is 225 Å². The van der Waals surface area contributed by atoms with Gasteiger partial charge in [0, 0.05) is 53.8 Å². The van der Waals surface area contributed by atoms with Crippen LogP contribution in [0.15, 0.2) is 42.7 Å². The van der Waals surface area contributed by atoms with E-state index in [2.05, 4.69) is 15.7 Å². The van der Waals surface area contributed by atoms with Gasteiger partial charge in [0.25, 0.3) is 12.3 Å². The molecule has 0 spiro atoms. The van der Waals surface area contributed by atoms with E-state index in [1.54, 1.807) is 17.9 Å². The van der Waals surface area contributed by atoms with Crippen molar-refractivity contribution < 1.29 is 18.3 Å². The maximum Gasteiger partial charge on any atom is 0.263 e. The summed E-state index contributed by atoms with van der Waals surface area (Å²) in [5.74, 6) is 5.93. The van der Waals surface area contributed by atoms with Gasteiger partial charge in [-0.15, -0.1) is 0 Å². The predicted molar refractivity (Wildman–Crippen MR) is 146 cm³/mol. The lowest BCUT2D eigenvalue weighted by Gasteiger charge is -2.19. The maximum atomic E-state index is 13.6. The van der Waals surface area contributed by atoms with Gasteiger partial charge in [-0.1, -0.05) is 25.4 Å². The highest BCUT2D eigenvalue weighted by Crippen LogP contribution is 2.35. The molecule has 204 valence electrons. The Kier molecular flexibility index (Phi) is 9.31. The van der Waals surface area contributed by atoms with Crippen molar-refractivity contribution in [1.29, 1.82) is 0 Å². The molecule has 2 aromatic carbocycles. The minimum Gasteiger partial charge on any atom is -0.494 e. The molecular weight excluding hydrogens is 516 g/mol. The summed E-state index contributed by atoms with van der Waals surface area (Å²) >= 11 is 6.35. The summed E-state index contributed by atoms with van der Waals surface area (Å²) in [6.45, 7) is 6.02. The summed E-state index contributed by atoms with van der Waals surface area (Å²) in [6.07, 6.45) is 0.352. The second-order valence-electron chi connectivity index (χ2n) is 8.98. The SMILES string of the molecule is COc1c(CNC(C)C)cc(C(F)F)cc1NC(=O)c1ccc(Cl)c(N(N)/C=C(\N)c2cnn(C)c2C)c1. The lowest BCUT2D eigenvalue weighted by molar-refractivity contribution is 0.102. The van der Waals surface area contributed by atoms with Gasteiger partial charge in [0.2, 0.25) is 0 Å². The zero-order valence-electron chi connectivity index (χ0n) is 21.8. The molecule has 1 heterocycles. The van der Waals surface area contributed by atoms with Gasteiger partial charge in [0.15, 0.2) is 0 Å². The number of nitrogens with zero attached hydrogens (tertiary/aromatic N) is 3. The zero-order valence-corrected chi connectivity index (χ0v) is 22.6. The van der Waals surface area contributed by atoms with Crippen LogP contribution in [0.2, 0.25) is 5.02 Å². The monoisotopic (exact) mass is 547 g/mol. The Morgan fingerprint density at radius 3 is 2.58 bits per heavy atom. The number of nitrogens with two attached hydrogens (primary N) is 2. The summed E-state index contributed by atoms with van der Waals surface area (Å²) < 4.78 is 34.4. The van der Waals surface area contributed by atoms with Crippen LogP contribution in [0, 0.1) is 6.92 Å². The van der Waals surface area contributed by atoms with Crippen LogP contribution < -0.4 is 32.0 Å². The quantitative estimate of drug-likeness (QED) is 0.214. The van der Waals surface area contributed by atoms with E-state index in [9.17, 15) is 13.6 Å². The Balaban J connectivity index is 1.92. The number of aryl methyl sites for hydroxylation is 1. The smallest absolute Gasteiger partial charge is 0.263 e. The molecule has 0 aliphatic carbocycles. The third-order valence-corrected chi connectivity index (χ3v) is 6.22. The fourth-order valence-corrected chi connectivity index (χ4v) is 3.95. The summed E-state index contributed by atoms with van der Waals surface area (Å²) in [7, 11) is 3.21. The lowest BCUT2D eigenvalue weighted by Crippen LogP contribution is -2.26. The number of halogens is 3. The van der Waals surface area contributed by atoms with Crippen LogP contribution in [0.25, 0.3) is 5.70 Å². The van der Waals surface area contributed by atoms with Crippen molar-refractivity contribution in [3.8, 4) is 5.75 Å². The first-order chi connectivity index (χ1) is 17.9. The topological polar surface area (TPSA) is 123 Å². The van der Waals surface area contributed by atoms with Gasteiger partial charge in [-0.05, 0) is 37.3 Å². The third kappa shape index (κ3) is 6.60. The molecule has 12 heteroatoms. The fraction of sp³-hybridized carbons (Fsp3) is 0.308. The summed E-state index contributed by atoms with van der Waals surface area (Å²) in [4.78, 5) is 13.2. The largest absolute Gasteiger partial charge is 0.494 e. The molecule has 0 saturated heterocycles. The number of carbonyl (C=O) groups excluding carboxylic acids is 1. The molecule has 38 heavy (non-hydrogen) atoms. The average Bonchev–Trinajstić information content (AvgIpc) is 3.20. The van der Waals surface area contributed by atoms with Crippen LogP contribution in [0.3, 0.4) is 0 Å². The summed E-state index contributed by atoms with van der Waals surface area (Å²) in [6, 6.07) is 7.16. The van der Waals surface area contributed by atoms with Crippen LogP contribution in [0.5, 0.6) is 5.75 Å². The second kappa shape index (κ2) is 12.2. The third-order valence-electron chi connectivity index (χ3n) is 5.90. The number of benzene rings is 2. The normalized spacial score (nSPS) is 11.8. The van der Waals surface area contributed by atoms with Crippen molar-refractivity contribution in [3.05, 3.63) is 75.7 Å². The highest BCUT2D eigenvalue weighted by atomic mass is 35.5. The molecule has 0 radical (unpaired) electrons. The van der Waals surface area contributed by atoms with Crippen LogP contribution in [0.4, 0.5) is 20.2 Å². The number of rotatable bonds is 10. The minimum absolute atomic E-state index is 0.116. The molecule has 3 aromatic rings. The first-order valence-electron chi connectivity index (χ1n) is 11.8. The number of alkyl halides is 2. The van der Waals surface area contributed by atoms with Crippen LogP contribution in [-0.4, -0.2) is 28.8 Å². The van der Waals surface area contributed by atoms with Crippen molar-refractivity contribution >= 4 is 34.6 Å². The maximum absolute atomic E-state index is 13.6. The number of hydrazine groups is 1. The van der Waals surface area contributed by atoms with E-state index < -0.39 is 12.3 Å². The summed E-state index contributed by atoms with van der Waals surface area (Å²) in [5.41, 5.74) is 8.96. The number of hydrogen-bond acceptors (Lipinski definition) is 7. The highest BCUT2D eigenvalue weighted by Gasteiger charge is 2.20. The predicted octanol–water partition coefficient (Wildman–Crippen LogP) is 4.72. The van der Waals surface area contributed by atoms with E-state index >= 15 is 0 Å². The Morgan fingerprint density at radius 1 is 1.29 bits per heavy atom. The highest BCUT2D eigenvalue weighted by molar-refractivity contribution is 6.33. The molecule has 3 rings (SSSR count). The number of ether oxygens (including phenoxy) is 1. The lowest BCUT2D eigenvalue weighted by atomic mass is 10.1. The van der Waals surface area contributed by atoms with Crippen molar-refractivity contribution in [2.75, 3.05) is 17.4 Å². The molecule has 0 atom stereocenters. The number of carbonyl (C=O) groups is 1. The van der Waals surface area contributed by atoms with Gasteiger partial charge in [-0.2, -0.15) is 5.10 Å². The van der Waals surface area contributed by atoms with E-state index in [4.69, 9.17) is 27.9 Å². The molecular formula is C26H32ClF2N7O2. The van der Waals surface area contributed by atoms with E-state index in [0.717, 1.165) is 5.69 Å². The Bertz CT molecular complexity index is 1340. The van der Waals surface area contributed by atoms with E-state index in [1.165, 1.54) is 48.7 Å². The van der Waals surface area contributed by atoms with Gasteiger partial charge < -0.3 is 21.1 Å². The minimum atomic E-state index is -2.73. The Morgan fingerprint density at radius 2 is 2.00 bits per heavy atom. The molecule has 0 saturated carbocycles. The average molecular weight is 548 g/mol. The van der Waals surface area contributed by atoms with E-state index in [1.807, 2.05) is 20.8 Å². The second-order valence-corrected chi connectivity index (χ2v) is 9.38. The number of methoxy groups -OCH3 is 1. The number of amides is 1. The standard InChI is InChI=1S/C26H32ClF2N7O2/c1-14(2)32-11-18-8-17(25(28)29)9-22(24(18)38-5)34-26(37)16-6-7-20(27)23(10-16)36(31)13-21(30)19-12-33-35(4)15(19)3/h6-10,12-14,25,32H,11,30-31H2,1-5H3,(H,34,37)/b21-13-. The van der Waals surface area contributed by atoms with Crippen LogP contribution >= 0.6 is 11.6 Å². The van der Waals surface area contributed by atoms with Gasteiger partial charge in [0.1, 0.15) is 5.75 Å². The Hall–Kier alpha value is -3.67. The van der Waals surface area contributed by atoms with E-state index in [0.29, 0.717) is 22.5 Å². The first kappa shape index (κ1) is 28.9. The van der Waals surface area contributed by atoms with Crippen LogP contribution in [-0.2, 0) is 13.6 Å².